The van der Waals surface area contributed by atoms with Gasteiger partial charge in [-0.1, -0.05) is 39.0 Å². The van der Waals surface area contributed by atoms with E-state index in [9.17, 15) is 4.79 Å². The molecule has 0 saturated carbocycles. The molecule has 1 aromatic rings. The van der Waals surface area contributed by atoms with E-state index in [1.54, 1.807) is 0 Å². The van der Waals surface area contributed by atoms with E-state index in [1.807, 2.05) is 39.0 Å². The van der Waals surface area contributed by atoms with Crippen molar-refractivity contribution in [3.8, 4) is 0 Å². The fourth-order valence-corrected chi connectivity index (χ4v) is 2.19. The Balaban J connectivity index is 2.92. The van der Waals surface area contributed by atoms with Crippen molar-refractivity contribution in [3.63, 3.8) is 0 Å². The van der Waals surface area contributed by atoms with Gasteiger partial charge in [-0.25, -0.2) is 0 Å². The normalized spacial score (nSPS) is 11.9. The molecule has 0 spiro atoms. The van der Waals surface area contributed by atoms with Crippen LogP contribution in [0.1, 0.15) is 50.5 Å². The number of carbonyl (C=O) groups excluding carboxylic acids is 1. The molecular formula is C16H25NO. The van der Waals surface area contributed by atoms with Crippen LogP contribution < -0.4 is 5.32 Å². The highest BCUT2D eigenvalue weighted by Gasteiger charge is 2.27. The predicted octanol–water partition coefficient (Wildman–Crippen LogP) is 3.46. The lowest BCUT2D eigenvalue weighted by molar-refractivity contribution is 0.0884. The van der Waals surface area contributed by atoms with E-state index in [4.69, 9.17) is 0 Å². The third-order valence-electron chi connectivity index (χ3n) is 3.02. The van der Waals surface area contributed by atoms with Crippen LogP contribution in [-0.2, 0) is 6.42 Å². The topological polar surface area (TPSA) is 29.1 Å². The van der Waals surface area contributed by atoms with Crippen molar-refractivity contribution in [3.05, 3.63) is 35.4 Å². The molecule has 2 heteroatoms. The zero-order valence-corrected chi connectivity index (χ0v) is 12.2. The lowest BCUT2D eigenvalue weighted by Gasteiger charge is -2.24. The molecule has 0 amide bonds. The second-order valence-corrected chi connectivity index (χ2v) is 5.78. The smallest absolute Gasteiger partial charge is 0.182 e. The minimum atomic E-state index is -0.495. The minimum Gasteiger partial charge on any atom is -0.305 e. The van der Waals surface area contributed by atoms with E-state index in [2.05, 4.69) is 25.2 Å². The highest BCUT2D eigenvalue weighted by molar-refractivity contribution is 6.02. The fourth-order valence-electron chi connectivity index (χ4n) is 2.19. The summed E-state index contributed by atoms with van der Waals surface area (Å²) in [6, 6.07) is 8.01. The molecule has 2 nitrogen and oxygen atoms in total. The molecule has 0 bridgehead atoms. The number of hydrogen-bond acceptors (Lipinski definition) is 2. The molecule has 0 fully saturated rings. The van der Waals surface area contributed by atoms with Gasteiger partial charge in [-0.15, -0.1) is 0 Å². The molecule has 0 unspecified atom stereocenters. The summed E-state index contributed by atoms with van der Waals surface area (Å²) < 4.78 is 0. The SMILES string of the molecule is CCNC(C)(C)C(=O)c1cccc(CC(C)C)c1. The van der Waals surface area contributed by atoms with Crippen molar-refractivity contribution in [1.29, 1.82) is 0 Å². The molecule has 0 radical (unpaired) electrons. The maximum atomic E-state index is 12.4. The van der Waals surface area contributed by atoms with E-state index in [1.165, 1.54) is 5.56 Å². The van der Waals surface area contributed by atoms with Gasteiger partial charge in [-0.3, -0.25) is 4.79 Å². The highest BCUT2D eigenvalue weighted by atomic mass is 16.1. The van der Waals surface area contributed by atoms with Crippen LogP contribution in [0.5, 0.6) is 0 Å². The molecular weight excluding hydrogens is 222 g/mol. The van der Waals surface area contributed by atoms with Gasteiger partial charge in [-0.2, -0.15) is 0 Å². The van der Waals surface area contributed by atoms with Crippen molar-refractivity contribution >= 4 is 5.78 Å². The van der Waals surface area contributed by atoms with Gasteiger partial charge in [0.2, 0.25) is 0 Å². The molecule has 1 aromatic carbocycles. The van der Waals surface area contributed by atoms with E-state index in [0.717, 1.165) is 18.5 Å². The summed E-state index contributed by atoms with van der Waals surface area (Å²) in [6.07, 6.45) is 1.02. The summed E-state index contributed by atoms with van der Waals surface area (Å²) in [6.45, 7) is 11.1. The number of hydrogen-bond donors (Lipinski definition) is 1. The average molecular weight is 247 g/mol. The fraction of sp³-hybridized carbons (Fsp3) is 0.562. The van der Waals surface area contributed by atoms with E-state index >= 15 is 0 Å². The quantitative estimate of drug-likeness (QED) is 0.780. The van der Waals surface area contributed by atoms with Crippen molar-refractivity contribution in [1.82, 2.24) is 5.32 Å². The largest absolute Gasteiger partial charge is 0.305 e. The standard InChI is InChI=1S/C16H25NO/c1-6-17-16(4,5)15(18)14-9-7-8-13(11-14)10-12(2)3/h7-9,11-12,17H,6,10H2,1-5H3. The maximum Gasteiger partial charge on any atom is 0.182 e. The molecule has 0 atom stereocenters. The van der Waals surface area contributed by atoms with Crippen LogP contribution >= 0.6 is 0 Å². The Bertz CT molecular complexity index is 407. The average Bonchev–Trinajstić information content (AvgIpc) is 2.27. The number of benzene rings is 1. The molecule has 1 N–H and O–H groups in total. The summed E-state index contributed by atoms with van der Waals surface area (Å²) in [4.78, 5) is 12.4. The number of rotatable bonds is 6. The molecule has 0 aromatic heterocycles. The van der Waals surface area contributed by atoms with Crippen molar-refractivity contribution in [2.75, 3.05) is 6.54 Å². The first-order chi connectivity index (χ1) is 8.36. The van der Waals surface area contributed by atoms with Crippen LogP contribution in [0.15, 0.2) is 24.3 Å². The lowest BCUT2D eigenvalue weighted by atomic mass is 9.91. The molecule has 0 aliphatic carbocycles. The first kappa shape index (κ1) is 14.9. The van der Waals surface area contributed by atoms with Gasteiger partial charge in [0.25, 0.3) is 0 Å². The molecule has 1 rings (SSSR count). The first-order valence-electron chi connectivity index (χ1n) is 6.75. The zero-order valence-electron chi connectivity index (χ0n) is 12.2. The second kappa shape index (κ2) is 6.14. The number of carbonyl (C=O) groups is 1. The van der Waals surface area contributed by atoms with Gasteiger partial charge in [-0.05, 0) is 44.4 Å². The summed E-state index contributed by atoms with van der Waals surface area (Å²) in [5, 5.41) is 3.23. The predicted molar refractivity (Wildman–Crippen MR) is 77.1 cm³/mol. The highest BCUT2D eigenvalue weighted by Crippen LogP contribution is 2.16. The molecule has 100 valence electrons. The summed E-state index contributed by atoms with van der Waals surface area (Å²) in [7, 11) is 0. The van der Waals surface area contributed by atoms with Gasteiger partial charge in [0.1, 0.15) is 0 Å². The molecule has 0 heterocycles. The number of ketones is 1. The molecule has 0 aliphatic heterocycles. The lowest BCUT2D eigenvalue weighted by Crippen LogP contribution is -2.46. The van der Waals surface area contributed by atoms with E-state index < -0.39 is 5.54 Å². The van der Waals surface area contributed by atoms with Crippen LogP contribution in [0.25, 0.3) is 0 Å². The van der Waals surface area contributed by atoms with Crippen molar-refractivity contribution < 1.29 is 4.79 Å². The Labute approximate surface area is 111 Å². The van der Waals surface area contributed by atoms with Gasteiger partial charge in [0, 0.05) is 5.56 Å². The number of nitrogens with one attached hydrogen (secondary N) is 1. The van der Waals surface area contributed by atoms with Crippen LogP contribution in [-0.4, -0.2) is 17.9 Å². The summed E-state index contributed by atoms with van der Waals surface area (Å²) in [5.41, 5.74) is 1.55. The Morgan fingerprint density at radius 2 is 2.00 bits per heavy atom. The van der Waals surface area contributed by atoms with Crippen LogP contribution in [0, 0.1) is 5.92 Å². The Morgan fingerprint density at radius 1 is 1.33 bits per heavy atom. The number of likely N-dealkylation sites (N-methyl/N-ethyl adjacent to an activating group) is 1. The van der Waals surface area contributed by atoms with Crippen molar-refractivity contribution in [2.24, 2.45) is 5.92 Å². The Kier molecular flexibility index (Phi) is 5.09. The minimum absolute atomic E-state index is 0.162. The summed E-state index contributed by atoms with van der Waals surface area (Å²) >= 11 is 0. The van der Waals surface area contributed by atoms with E-state index in [0.29, 0.717) is 5.92 Å². The van der Waals surface area contributed by atoms with Gasteiger partial charge < -0.3 is 5.32 Å². The molecule has 18 heavy (non-hydrogen) atoms. The van der Waals surface area contributed by atoms with Crippen molar-refractivity contribution in [2.45, 2.75) is 46.6 Å². The van der Waals surface area contributed by atoms with Gasteiger partial charge in [0.05, 0.1) is 5.54 Å². The van der Waals surface area contributed by atoms with Crippen LogP contribution in [0.2, 0.25) is 0 Å². The van der Waals surface area contributed by atoms with E-state index in [-0.39, 0.29) is 5.78 Å². The van der Waals surface area contributed by atoms with Crippen LogP contribution in [0.4, 0.5) is 0 Å². The van der Waals surface area contributed by atoms with Crippen LogP contribution in [0.3, 0.4) is 0 Å². The third kappa shape index (κ3) is 3.95. The Hall–Kier alpha value is -1.15. The molecule has 0 saturated heterocycles. The molecule has 0 aliphatic rings. The monoisotopic (exact) mass is 247 g/mol. The first-order valence-corrected chi connectivity index (χ1v) is 6.75. The second-order valence-electron chi connectivity index (χ2n) is 5.78. The third-order valence-corrected chi connectivity index (χ3v) is 3.02. The Morgan fingerprint density at radius 3 is 2.56 bits per heavy atom. The number of Topliss-reactive ketones (excluding diaryl/α,β-unsaturated/α-hetero) is 1. The van der Waals surface area contributed by atoms with Gasteiger partial charge >= 0.3 is 0 Å². The maximum absolute atomic E-state index is 12.4. The summed E-state index contributed by atoms with van der Waals surface area (Å²) in [5.74, 6) is 0.770. The zero-order chi connectivity index (χ0) is 13.8. The van der Waals surface area contributed by atoms with Gasteiger partial charge in [0.15, 0.2) is 5.78 Å².